The lowest BCUT2D eigenvalue weighted by molar-refractivity contribution is -0.122. The lowest BCUT2D eigenvalue weighted by Gasteiger charge is -2.38. The summed E-state index contributed by atoms with van der Waals surface area (Å²) in [5.74, 6) is 0.533. The van der Waals surface area contributed by atoms with E-state index in [0.717, 1.165) is 0 Å². The first kappa shape index (κ1) is 14.9. The van der Waals surface area contributed by atoms with Gasteiger partial charge in [0.1, 0.15) is 6.61 Å². The second kappa shape index (κ2) is 6.14. The van der Waals surface area contributed by atoms with Crippen LogP contribution in [0.5, 0.6) is 0 Å². The highest BCUT2D eigenvalue weighted by atomic mass is 16.3. The Balaban J connectivity index is 3.07. The number of carbonyl (C=O) groups excluding carboxylic acids is 1. The number of hydrogen-bond acceptors (Lipinski definition) is 2. The Kier molecular flexibility index (Phi) is 5.09. The number of benzene rings is 1. The molecule has 0 aromatic heterocycles. The van der Waals surface area contributed by atoms with E-state index in [-0.39, 0.29) is 23.7 Å². The van der Waals surface area contributed by atoms with Gasteiger partial charge >= 0.3 is 0 Å². The highest BCUT2D eigenvalue weighted by molar-refractivity contribution is 5.80. The first-order valence-corrected chi connectivity index (χ1v) is 6.57. The van der Waals surface area contributed by atoms with E-state index in [2.05, 4.69) is 39.8 Å². The van der Waals surface area contributed by atoms with Gasteiger partial charge in [0.05, 0.1) is 0 Å². The largest absolute Gasteiger partial charge is 0.389 e. The summed E-state index contributed by atoms with van der Waals surface area (Å²) in [6.45, 7) is 8.39. The minimum Gasteiger partial charge on any atom is -0.389 e. The van der Waals surface area contributed by atoms with E-state index in [1.165, 1.54) is 5.56 Å². The Morgan fingerprint density at radius 3 is 2.22 bits per heavy atom. The van der Waals surface area contributed by atoms with Gasteiger partial charge in [-0.25, -0.2) is 0 Å². The molecule has 0 aliphatic carbocycles. The fraction of sp³-hybridized carbons (Fsp3) is 0.562. The Hall–Kier alpha value is -1.15. The molecule has 18 heavy (non-hydrogen) atoms. The van der Waals surface area contributed by atoms with Gasteiger partial charge in [0, 0.05) is 6.42 Å². The van der Waals surface area contributed by atoms with Crippen LogP contribution < -0.4 is 0 Å². The maximum atomic E-state index is 11.6. The summed E-state index contributed by atoms with van der Waals surface area (Å²) in [4.78, 5) is 11.6. The standard InChI is InChI=1S/C16H24O2/c1-12(2)16(3,4)15(10-14(18)11-17)13-8-6-5-7-9-13/h5-9,12,15,17H,10-11H2,1-4H3. The average molecular weight is 248 g/mol. The molecule has 0 bridgehead atoms. The molecule has 0 heterocycles. The van der Waals surface area contributed by atoms with E-state index in [0.29, 0.717) is 12.3 Å². The van der Waals surface area contributed by atoms with Crippen molar-refractivity contribution < 1.29 is 9.90 Å². The second-order valence-corrected chi connectivity index (χ2v) is 5.84. The van der Waals surface area contributed by atoms with Gasteiger partial charge < -0.3 is 5.11 Å². The second-order valence-electron chi connectivity index (χ2n) is 5.84. The number of hydrogen-bond donors (Lipinski definition) is 1. The maximum absolute atomic E-state index is 11.6. The van der Waals surface area contributed by atoms with Crippen molar-refractivity contribution in [3.8, 4) is 0 Å². The first-order valence-electron chi connectivity index (χ1n) is 6.57. The molecule has 1 aromatic rings. The molecule has 0 radical (unpaired) electrons. The van der Waals surface area contributed by atoms with Crippen molar-refractivity contribution in [2.75, 3.05) is 6.61 Å². The summed E-state index contributed by atoms with van der Waals surface area (Å²) in [5.41, 5.74) is 1.20. The normalized spacial score (nSPS) is 13.7. The summed E-state index contributed by atoms with van der Waals surface area (Å²) < 4.78 is 0. The smallest absolute Gasteiger partial charge is 0.158 e. The lowest BCUT2D eigenvalue weighted by atomic mass is 9.66. The van der Waals surface area contributed by atoms with Crippen molar-refractivity contribution in [1.82, 2.24) is 0 Å². The van der Waals surface area contributed by atoms with Crippen molar-refractivity contribution in [2.24, 2.45) is 11.3 Å². The number of aliphatic hydroxyl groups excluding tert-OH is 1. The SMILES string of the molecule is CC(C)C(C)(C)C(CC(=O)CO)c1ccccc1. The van der Waals surface area contributed by atoms with E-state index in [4.69, 9.17) is 5.11 Å². The number of carbonyl (C=O) groups is 1. The number of aliphatic hydroxyl groups is 1. The zero-order valence-corrected chi connectivity index (χ0v) is 11.8. The summed E-state index contributed by atoms with van der Waals surface area (Å²) in [5, 5.41) is 8.99. The third-order valence-corrected chi connectivity index (χ3v) is 4.20. The molecule has 0 saturated carbocycles. The topological polar surface area (TPSA) is 37.3 Å². The Morgan fingerprint density at radius 2 is 1.78 bits per heavy atom. The molecule has 1 rings (SSSR count). The van der Waals surface area contributed by atoms with Gasteiger partial charge in [-0.15, -0.1) is 0 Å². The predicted octanol–water partition coefficient (Wildman–Crippen LogP) is 3.40. The van der Waals surface area contributed by atoms with Crippen LogP contribution in [0.15, 0.2) is 30.3 Å². The Labute approximate surface area is 110 Å². The van der Waals surface area contributed by atoms with Crippen LogP contribution in [0.4, 0.5) is 0 Å². The van der Waals surface area contributed by atoms with Crippen LogP contribution in [0.1, 0.15) is 45.6 Å². The molecule has 1 unspecified atom stereocenters. The third-order valence-electron chi connectivity index (χ3n) is 4.20. The first-order chi connectivity index (χ1) is 8.39. The van der Waals surface area contributed by atoms with Crippen LogP contribution in [0.2, 0.25) is 0 Å². The van der Waals surface area contributed by atoms with E-state index < -0.39 is 0 Å². The van der Waals surface area contributed by atoms with E-state index in [1.54, 1.807) is 0 Å². The number of Topliss-reactive ketones (excluding diaryl/α,β-unsaturated/α-hetero) is 1. The molecule has 0 aliphatic rings. The molecular weight excluding hydrogens is 224 g/mol. The fourth-order valence-electron chi connectivity index (χ4n) is 2.19. The monoisotopic (exact) mass is 248 g/mol. The molecule has 2 nitrogen and oxygen atoms in total. The summed E-state index contributed by atoms with van der Waals surface area (Å²) in [7, 11) is 0. The molecule has 1 atom stereocenters. The Bertz CT molecular complexity index is 379. The molecule has 0 saturated heterocycles. The minimum atomic E-state index is -0.364. The minimum absolute atomic E-state index is 0.0200. The molecular formula is C16H24O2. The average Bonchev–Trinajstić information content (AvgIpc) is 2.36. The third kappa shape index (κ3) is 3.42. The van der Waals surface area contributed by atoms with Crippen LogP contribution >= 0.6 is 0 Å². The molecule has 0 aliphatic heterocycles. The van der Waals surface area contributed by atoms with Gasteiger partial charge in [-0.1, -0.05) is 58.0 Å². The van der Waals surface area contributed by atoms with E-state index in [9.17, 15) is 4.79 Å². The molecule has 0 spiro atoms. The highest BCUT2D eigenvalue weighted by Crippen LogP contribution is 2.43. The molecule has 0 fully saturated rings. The van der Waals surface area contributed by atoms with Crippen molar-refractivity contribution in [1.29, 1.82) is 0 Å². The molecule has 0 amide bonds. The predicted molar refractivity (Wildman–Crippen MR) is 74.5 cm³/mol. The van der Waals surface area contributed by atoms with Crippen LogP contribution in [-0.4, -0.2) is 17.5 Å². The molecule has 1 N–H and O–H groups in total. The van der Waals surface area contributed by atoms with Gasteiger partial charge in [-0.05, 0) is 22.8 Å². The zero-order valence-electron chi connectivity index (χ0n) is 11.8. The highest BCUT2D eigenvalue weighted by Gasteiger charge is 2.34. The Morgan fingerprint density at radius 1 is 1.22 bits per heavy atom. The van der Waals surface area contributed by atoms with Crippen LogP contribution in [-0.2, 0) is 4.79 Å². The van der Waals surface area contributed by atoms with Crippen LogP contribution in [0, 0.1) is 11.3 Å². The number of rotatable bonds is 6. The molecule has 100 valence electrons. The lowest BCUT2D eigenvalue weighted by Crippen LogP contribution is -2.30. The summed E-state index contributed by atoms with van der Waals surface area (Å²) in [6, 6.07) is 10.1. The van der Waals surface area contributed by atoms with Gasteiger partial charge in [0.15, 0.2) is 5.78 Å². The molecule has 1 aromatic carbocycles. The van der Waals surface area contributed by atoms with Gasteiger partial charge in [0.2, 0.25) is 0 Å². The zero-order chi connectivity index (χ0) is 13.8. The van der Waals surface area contributed by atoms with Crippen LogP contribution in [0.3, 0.4) is 0 Å². The van der Waals surface area contributed by atoms with Crippen molar-refractivity contribution in [3.05, 3.63) is 35.9 Å². The number of ketones is 1. The quantitative estimate of drug-likeness (QED) is 0.837. The van der Waals surface area contributed by atoms with Gasteiger partial charge in [0.25, 0.3) is 0 Å². The fourth-order valence-corrected chi connectivity index (χ4v) is 2.19. The van der Waals surface area contributed by atoms with Gasteiger partial charge in [-0.2, -0.15) is 0 Å². The van der Waals surface area contributed by atoms with Crippen molar-refractivity contribution in [3.63, 3.8) is 0 Å². The van der Waals surface area contributed by atoms with Crippen molar-refractivity contribution >= 4 is 5.78 Å². The summed E-state index contributed by atoms with van der Waals surface area (Å²) >= 11 is 0. The van der Waals surface area contributed by atoms with Crippen molar-refractivity contribution in [2.45, 2.75) is 40.0 Å². The van der Waals surface area contributed by atoms with E-state index >= 15 is 0 Å². The molecule has 2 heteroatoms. The van der Waals surface area contributed by atoms with E-state index in [1.807, 2.05) is 18.2 Å². The van der Waals surface area contributed by atoms with Gasteiger partial charge in [-0.3, -0.25) is 4.79 Å². The summed E-state index contributed by atoms with van der Waals surface area (Å²) in [6.07, 6.45) is 0.408. The van der Waals surface area contributed by atoms with Crippen LogP contribution in [0.25, 0.3) is 0 Å². The maximum Gasteiger partial charge on any atom is 0.158 e.